The fourth-order valence-electron chi connectivity index (χ4n) is 2.29. The Kier molecular flexibility index (Phi) is 4.09. The average Bonchev–Trinajstić information content (AvgIpc) is 2.95. The van der Waals surface area contributed by atoms with E-state index in [0.29, 0.717) is 0 Å². The molecule has 0 aliphatic carbocycles. The van der Waals surface area contributed by atoms with Gasteiger partial charge in [-0.25, -0.2) is 13.8 Å². The van der Waals surface area contributed by atoms with Crippen LogP contribution in [-0.4, -0.2) is 22.8 Å². The Balaban J connectivity index is 1.88. The van der Waals surface area contributed by atoms with Crippen LogP contribution in [0.25, 0.3) is 10.2 Å². The Hall–Kier alpha value is -2.34. The van der Waals surface area contributed by atoms with Crippen LogP contribution in [0.2, 0.25) is 0 Å². The average molecular weight is 332 g/mol. The van der Waals surface area contributed by atoms with Crippen molar-refractivity contribution in [3.05, 3.63) is 64.7 Å². The number of halogens is 2. The van der Waals surface area contributed by atoms with Gasteiger partial charge in [0.05, 0.1) is 16.3 Å². The van der Waals surface area contributed by atoms with E-state index in [1.165, 1.54) is 16.2 Å². The van der Waals surface area contributed by atoms with E-state index in [4.69, 9.17) is 0 Å². The first-order valence-electron chi connectivity index (χ1n) is 7.04. The molecule has 2 aromatic carbocycles. The summed E-state index contributed by atoms with van der Waals surface area (Å²) >= 11 is 1.50. The standard InChI is InChI=1S/C17H14F2N2OS/c1-10(16-20-14-5-3-4-6-15(14)23-16)21(2)17(22)11-7-12(18)9-13(19)8-11/h3-10H,1-2H3. The van der Waals surface area contributed by atoms with E-state index in [9.17, 15) is 13.6 Å². The van der Waals surface area contributed by atoms with Gasteiger partial charge < -0.3 is 4.90 Å². The fraction of sp³-hybridized carbons (Fsp3) is 0.176. The Morgan fingerprint density at radius 3 is 2.48 bits per heavy atom. The number of hydrogen-bond donors (Lipinski definition) is 0. The third-order valence-electron chi connectivity index (χ3n) is 3.68. The van der Waals surface area contributed by atoms with Gasteiger partial charge in [0.1, 0.15) is 16.6 Å². The van der Waals surface area contributed by atoms with Crippen molar-refractivity contribution in [1.29, 1.82) is 0 Å². The van der Waals surface area contributed by atoms with Crippen molar-refractivity contribution >= 4 is 27.5 Å². The maximum absolute atomic E-state index is 13.3. The second-order valence-corrected chi connectivity index (χ2v) is 6.33. The Morgan fingerprint density at radius 1 is 1.17 bits per heavy atom. The minimum absolute atomic E-state index is 0.0158. The van der Waals surface area contributed by atoms with Crippen LogP contribution in [0.1, 0.15) is 28.3 Å². The molecule has 1 atom stereocenters. The van der Waals surface area contributed by atoms with Gasteiger partial charge in [0.15, 0.2) is 0 Å². The molecule has 0 radical (unpaired) electrons. The molecule has 1 aromatic heterocycles. The maximum Gasteiger partial charge on any atom is 0.254 e. The van der Waals surface area contributed by atoms with E-state index in [1.54, 1.807) is 7.05 Å². The summed E-state index contributed by atoms with van der Waals surface area (Å²) in [6, 6.07) is 10.2. The van der Waals surface area contributed by atoms with Gasteiger partial charge in [-0.05, 0) is 31.2 Å². The molecule has 23 heavy (non-hydrogen) atoms. The van der Waals surface area contributed by atoms with Crippen LogP contribution in [0.4, 0.5) is 8.78 Å². The third kappa shape index (κ3) is 3.07. The van der Waals surface area contributed by atoms with E-state index in [0.717, 1.165) is 33.4 Å². The molecule has 0 saturated carbocycles. The van der Waals surface area contributed by atoms with E-state index < -0.39 is 17.5 Å². The van der Waals surface area contributed by atoms with Gasteiger partial charge in [-0.15, -0.1) is 11.3 Å². The first-order chi connectivity index (χ1) is 11.0. The zero-order valence-electron chi connectivity index (χ0n) is 12.6. The molecule has 3 rings (SSSR count). The van der Waals surface area contributed by atoms with Crippen LogP contribution in [0.15, 0.2) is 42.5 Å². The Bertz CT molecular complexity index is 825. The van der Waals surface area contributed by atoms with Crippen molar-refractivity contribution in [1.82, 2.24) is 9.88 Å². The summed E-state index contributed by atoms with van der Waals surface area (Å²) in [5.74, 6) is -1.99. The molecule has 1 amide bonds. The number of aromatic nitrogens is 1. The number of carbonyl (C=O) groups is 1. The highest BCUT2D eigenvalue weighted by atomic mass is 32.1. The highest BCUT2D eigenvalue weighted by molar-refractivity contribution is 7.18. The summed E-state index contributed by atoms with van der Waals surface area (Å²) in [6.45, 7) is 1.84. The first-order valence-corrected chi connectivity index (χ1v) is 7.86. The van der Waals surface area contributed by atoms with Crippen LogP contribution in [0.5, 0.6) is 0 Å². The van der Waals surface area contributed by atoms with Crippen molar-refractivity contribution in [2.45, 2.75) is 13.0 Å². The Labute approximate surface area is 136 Å². The summed E-state index contributed by atoms with van der Waals surface area (Å²) in [5, 5.41) is 0.777. The normalized spacial score (nSPS) is 12.3. The van der Waals surface area contributed by atoms with Crippen LogP contribution in [0, 0.1) is 11.6 Å². The molecule has 6 heteroatoms. The smallest absolute Gasteiger partial charge is 0.254 e. The lowest BCUT2D eigenvalue weighted by atomic mass is 10.1. The summed E-state index contributed by atoms with van der Waals surface area (Å²) in [4.78, 5) is 18.4. The molecule has 3 aromatic rings. The van der Waals surface area contributed by atoms with Gasteiger partial charge in [0.25, 0.3) is 5.91 Å². The molecule has 0 aliphatic rings. The third-order valence-corrected chi connectivity index (χ3v) is 4.89. The van der Waals surface area contributed by atoms with Gasteiger partial charge in [0, 0.05) is 18.7 Å². The van der Waals surface area contributed by atoms with Crippen LogP contribution < -0.4 is 0 Å². The monoisotopic (exact) mass is 332 g/mol. The molecular formula is C17H14F2N2OS. The minimum Gasteiger partial charge on any atom is -0.333 e. The SMILES string of the molecule is CC(c1nc2ccccc2s1)N(C)C(=O)c1cc(F)cc(F)c1. The largest absolute Gasteiger partial charge is 0.333 e. The van der Waals surface area contributed by atoms with E-state index in [2.05, 4.69) is 4.98 Å². The summed E-state index contributed by atoms with van der Waals surface area (Å²) in [5.41, 5.74) is 0.856. The second-order valence-electron chi connectivity index (χ2n) is 5.27. The quantitative estimate of drug-likeness (QED) is 0.712. The highest BCUT2D eigenvalue weighted by Gasteiger charge is 2.22. The van der Waals surface area contributed by atoms with Crippen LogP contribution in [-0.2, 0) is 0 Å². The zero-order chi connectivity index (χ0) is 16.6. The van der Waals surface area contributed by atoms with Crippen molar-refractivity contribution in [3.8, 4) is 0 Å². The van der Waals surface area contributed by atoms with Gasteiger partial charge >= 0.3 is 0 Å². The number of hydrogen-bond acceptors (Lipinski definition) is 3. The molecule has 118 valence electrons. The number of fused-ring (bicyclic) bond motifs is 1. The molecule has 0 spiro atoms. The van der Waals surface area contributed by atoms with Gasteiger partial charge in [-0.1, -0.05) is 12.1 Å². The van der Waals surface area contributed by atoms with E-state index in [1.807, 2.05) is 31.2 Å². The Morgan fingerprint density at radius 2 is 1.83 bits per heavy atom. The summed E-state index contributed by atoms with van der Waals surface area (Å²) in [6.07, 6.45) is 0. The molecule has 0 fully saturated rings. The maximum atomic E-state index is 13.3. The lowest BCUT2D eigenvalue weighted by Gasteiger charge is -2.23. The van der Waals surface area contributed by atoms with Crippen molar-refractivity contribution in [2.24, 2.45) is 0 Å². The minimum atomic E-state index is -0.769. The predicted molar refractivity (Wildman–Crippen MR) is 86.5 cm³/mol. The molecule has 1 heterocycles. The number of thiazole rings is 1. The van der Waals surface area contributed by atoms with Crippen LogP contribution >= 0.6 is 11.3 Å². The second kappa shape index (κ2) is 6.04. The topological polar surface area (TPSA) is 33.2 Å². The number of para-hydroxylation sites is 1. The number of rotatable bonds is 3. The van der Waals surface area contributed by atoms with Crippen molar-refractivity contribution in [2.75, 3.05) is 7.05 Å². The van der Waals surface area contributed by atoms with Gasteiger partial charge in [-0.3, -0.25) is 4.79 Å². The molecule has 3 nitrogen and oxygen atoms in total. The van der Waals surface area contributed by atoms with Crippen molar-refractivity contribution < 1.29 is 13.6 Å². The van der Waals surface area contributed by atoms with Gasteiger partial charge in [-0.2, -0.15) is 0 Å². The van der Waals surface area contributed by atoms with E-state index >= 15 is 0 Å². The van der Waals surface area contributed by atoms with Crippen molar-refractivity contribution in [3.63, 3.8) is 0 Å². The predicted octanol–water partition coefficient (Wildman–Crippen LogP) is 4.41. The first kappa shape index (κ1) is 15.6. The molecule has 0 aliphatic heterocycles. The lowest BCUT2D eigenvalue weighted by molar-refractivity contribution is 0.0741. The summed E-state index contributed by atoms with van der Waals surface area (Å²) < 4.78 is 27.6. The van der Waals surface area contributed by atoms with Gasteiger partial charge in [0.2, 0.25) is 0 Å². The molecule has 0 saturated heterocycles. The number of carbonyl (C=O) groups excluding carboxylic acids is 1. The molecule has 0 N–H and O–H groups in total. The lowest BCUT2D eigenvalue weighted by Crippen LogP contribution is -2.29. The fourth-order valence-corrected chi connectivity index (χ4v) is 3.35. The molecule has 1 unspecified atom stereocenters. The molecular weight excluding hydrogens is 318 g/mol. The number of benzene rings is 2. The highest BCUT2D eigenvalue weighted by Crippen LogP contribution is 2.29. The molecule has 0 bridgehead atoms. The van der Waals surface area contributed by atoms with Crippen LogP contribution in [0.3, 0.4) is 0 Å². The number of amides is 1. The zero-order valence-corrected chi connectivity index (χ0v) is 13.4. The number of nitrogens with zero attached hydrogens (tertiary/aromatic N) is 2. The van der Waals surface area contributed by atoms with E-state index in [-0.39, 0.29) is 11.6 Å². The summed E-state index contributed by atoms with van der Waals surface area (Å²) in [7, 11) is 1.60.